The van der Waals surface area contributed by atoms with E-state index in [4.69, 9.17) is 23.2 Å². The fourth-order valence-electron chi connectivity index (χ4n) is 1.63. The first-order chi connectivity index (χ1) is 9.44. The van der Waals surface area contributed by atoms with Gasteiger partial charge in [0.25, 0.3) is 0 Å². The first kappa shape index (κ1) is 15.2. The van der Waals surface area contributed by atoms with Crippen LogP contribution in [0.1, 0.15) is 5.56 Å². The summed E-state index contributed by atoms with van der Waals surface area (Å²) in [5.41, 5.74) is 2.31. The summed E-state index contributed by atoms with van der Waals surface area (Å²) in [6.07, 6.45) is 0. The summed E-state index contributed by atoms with van der Waals surface area (Å²) in [6.45, 7) is 1.97. The maximum Gasteiger partial charge on any atom is 0.323 e. The molecule has 0 saturated heterocycles. The number of amides is 2. The van der Waals surface area contributed by atoms with Gasteiger partial charge in [0.05, 0.1) is 5.69 Å². The zero-order valence-electron chi connectivity index (χ0n) is 10.5. The molecule has 0 aliphatic rings. The van der Waals surface area contributed by atoms with E-state index in [9.17, 15) is 4.79 Å². The van der Waals surface area contributed by atoms with E-state index in [1.165, 1.54) is 0 Å². The number of rotatable bonds is 2. The standard InChI is InChI=1S/C14H11BrCl2N2O/c1-8-2-3-13(12(15)4-8)19-14(20)18-11-6-9(16)5-10(17)7-11/h2-7H,1H3,(H2,18,19,20). The molecule has 20 heavy (non-hydrogen) atoms. The van der Waals surface area contributed by atoms with E-state index >= 15 is 0 Å². The summed E-state index contributed by atoms with van der Waals surface area (Å²) in [5, 5.41) is 6.34. The average molecular weight is 374 g/mol. The normalized spacial score (nSPS) is 10.2. The zero-order chi connectivity index (χ0) is 14.7. The Morgan fingerprint density at radius 3 is 2.30 bits per heavy atom. The Balaban J connectivity index is 2.09. The number of benzene rings is 2. The van der Waals surface area contributed by atoms with Crippen molar-refractivity contribution in [3.8, 4) is 0 Å². The Morgan fingerprint density at radius 1 is 1.05 bits per heavy atom. The van der Waals surface area contributed by atoms with Gasteiger partial charge in [-0.3, -0.25) is 0 Å². The highest BCUT2D eigenvalue weighted by atomic mass is 79.9. The van der Waals surface area contributed by atoms with Crippen molar-refractivity contribution in [1.82, 2.24) is 0 Å². The van der Waals surface area contributed by atoms with Crippen molar-refractivity contribution in [2.75, 3.05) is 10.6 Å². The van der Waals surface area contributed by atoms with Crippen LogP contribution in [0.2, 0.25) is 10.0 Å². The van der Waals surface area contributed by atoms with Crippen molar-refractivity contribution >= 4 is 56.5 Å². The maximum absolute atomic E-state index is 11.9. The number of nitrogens with one attached hydrogen (secondary N) is 2. The van der Waals surface area contributed by atoms with Gasteiger partial charge in [-0.1, -0.05) is 29.3 Å². The second-order valence-corrected chi connectivity index (χ2v) is 5.95. The average Bonchev–Trinajstić information content (AvgIpc) is 2.31. The molecule has 0 aliphatic carbocycles. The molecule has 0 unspecified atom stereocenters. The molecule has 104 valence electrons. The maximum atomic E-state index is 11.9. The number of aryl methyl sites for hydroxylation is 1. The predicted molar refractivity (Wildman–Crippen MR) is 88.0 cm³/mol. The number of anilines is 2. The molecule has 0 fully saturated rings. The third kappa shape index (κ3) is 4.13. The van der Waals surface area contributed by atoms with Gasteiger partial charge >= 0.3 is 6.03 Å². The number of halogens is 3. The Hall–Kier alpha value is -1.23. The minimum Gasteiger partial charge on any atom is -0.308 e. The van der Waals surface area contributed by atoms with Crippen LogP contribution in [-0.4, -0.2) is 6.03 Å². The monoisotopic (exact) mass is 372 g/mol. The van der Waals surface area contributed by atoms with E-state index in [0.717, 1.165) is 10.0 Å². The summed E-state index contributed by atoms with van der Waals surface area (Å²) in [4.78, 5) is 11.9. The highest BCUT2D eigenvalue weighted by Gasteiger charge is 2.07. The molecule has 0 aromatic heterocycles. The van der Waals surface area contributed by atoms with Crippen molar-refractivity contribution in [2.45, 2.75) is 6.92 Å². The Bertz CT molecular complexity index is 641. The lowest BCUT2D eigenvalue weighted by Crippen LogP contribution is -2.19. The third-order valence-electron chi connectivity index (χ3n) is 2.49. The summed E-state index contributed by atoms with van der Waals surface area (Å²) in [7, 11) is 0. The zero-order valence-corrected chi connectivity index (χ0v) is 13.6. The van der Waals surface area contributed by atoms with Gasteiger partial charge in [-0.2, -0.15) is 0 Å². The number of carbonyl (C=O) groups is 1. The van der Waals surface area contributed by atoms with Gasteiger partial charge in [0.2, 0.25) is 0 Å². The molecule has 2 aromatic rings. The van der Waals surface area contributed by atoms with Gasteiger partial charge in [-0.05, 0) is 58.7 Å². The smallest absolute Gasteiger partial charge is 0.308 e. The van der Waals surface area contributed by atoms with Crippen molar-refractivity contribution in [3.05, 3.63) is 56.5 Å². The highest BCUT2D eigenvalue weighted by Crippen LogP contribution is 2.25. The molecule has 3 nitrogen and oxygen atoms in total. The molecule has 0 atom stereocenters. The fourth-order valence-corrected chi connectivity index (χ4v) is 2.75. The Morgan fingerprint density at radius 2 is 1.70 bits per heavy atom. The van der Waals surface area contributed by atoms with Gasteiger partial charge in [0.15, 0.2) is 0 Å². The first-order valence-corrected chi connectivity index (χ1v) is 7.29. The number of hydrogen-bond acceptors (Lipinski definition) is 1. The number of urea groups is 1. The molecule has 2 aromatic carbocycles. The Labute approximate surface area is 135 Å². The summed E-state index contributed by atoms with van der Waals surface area (Å²) in [6, 6.07) is 10.1. The molecule has 0 aliphatic heterocycles. The molecular formula is C14H11BrCl2N2O. The van der Waals surface area contributed by atoms with E-state index in [1.54, 1.807) is 18.2 Å². The summed E-state index contributed by atoms with van der Waals surface area (Å²) >= 11 is 15.1. The van der Waals surface area contributed by atoms with Gasteiger partial charge in [0.1, 0.15) is 0 Å². The number of carbonyl (C=O) groups excluding carboxylic acids is 1. The quantitative estimate of drug-likeness (QED) is 0.695. The summed E-state index contributed by atoms with van der Waals surface area (Å²) < 4.78 is 0.816. The lowest BCUT2D eigenvalue weighted by molar-refractivity contribution is 0.262. The molecule has 2 amide bonds. The molecule has 0 saturated carbocycles. The van der Waals surface area contributed by atoms with E-state index in [1.807, 2.05) is 25.1 Å². The van der Waals surface area contributed by atoms with Crippen LogP contribution in [0.25, 0.3) is 0 Å². The topological polar surface area (TPSA) is 41.1 Å². The van der Waals surface area contributed by atoms with E-state index in [0.29, 0.717) is 21.4 Å². The molecular weight excluding hydrogens is 363 g/mol. The number of hydrogen-bond donors (Lipinski definition) is 2. The summed E-state index contributed by atoms with van der Waals surface area (Å²) in [5.74, 6) is 0. The largest absolute Gasteiger partial charge is 0.323 e. The fraction of sp³-hybridized carbons (Fsp3) is 0.0714. The van der Waals surface area contributed by atoms with E-state index < -0.39 is 0 Å². The van der Waals surface area contributed by atoms with Crippen LogP contribution < -0.4 is 10.6 Å². The molecule has 6 heteroatoms. The van der Waals surface area contributed by atoms with Crippen molar-refractivity contribution in [1.29, 1.82) is 0 Å². The van der Waals surface area contributed by atoms with Gasteiger partial charge in [-0.25, -0.2) is 4.79 Å². The molecule has 2 rings (SSSR count). The van der Waals surface area contributed by atoms with Crippen LogP contribution in [0, 0.1) is 6.92 Å². The van der Waals surface area contributed by atoms with Gasteiger partial charge in [-0.15, -0.1) is 0 Å². The molecule has 0 radical (unpaired) electrons. The van der Waals surface area contributed by atoms with Crippen LogP contribution >= 0.6 is 39.1 Å². The minimum atomic E-state index is -0.368. The lowest BCUT2D eigenvalue weighted by atomic mass is 10.2. The SMILES string of the molecule is Cc1ccc(NC(=O)Nc2cc(Cl)cc(Cl)c2)c(Br)c1. The molecule has 0 bridgehead atoms. The van der Waals surface area contributed by atoms with Crippen molar-refractivity contribution in [2.24, 2.45) is 0 Å². The lowest BCUT2D eigenvalue weighted by Gasteiger charge is -2.10. The van der Waals surface area contributed by atoms with E-state index in [-0.39, 0.29) is 6.03 Å². The molecule has 0 heterocycles. The third-order valence-corrected chi connectivity index (χ3v) is 3.59. The van der Waals surface area contributed by atoms with Crippen LogP contribution in [0.15, 0.2) is 40.9 Å². The van der Waals surface area contributed by atoms with Crippen LogP contribution in [0.3, 0.4) is 0 Å². The van der Waals surface area contributed by atoms with Crippen LogP contribution in [0.4, 0.5) is 16.2 Å². The molecule has 0 spiro atoms. The molecule has 2 N–H and O–H groups in total. The minimum absolute atomic E-state index is 0.368. The predicted octanol–water partition coefficient (Wildman–Crippen LogP) is 5.71. The van der Waals surface area contributed by atoms with Crippen molar-refractivity contribution < 1.29 is 4.79 Å². The Kier molecular flexibility index (Phi) is 4.91. The first-order valence-electron chi connectivity index (χ1n) is 5.74. The van der Waals surface area contributed by atoms with Gasteiger partial charge in [0, 0.05) is 20.2 Å². The second kappa shape index (κ2) is 6.48. The van der Waals surface area contributed by atoms with E-state index in [2.05, 4.69) is 26.6 Å². The van der Waals surface area contributed by atoms with Crippen LogP contribution in [-0.2, 0) is 0 Å². The second-order valence-electron chi connectivity index (χ2n) is 4.22. The van der Waals surface area contributed by atoms with Crippen molar-refractivity contribution in [3.63, 3.8) is 0 Å². The van der Waals surface area contributed by atoms with Gasteiger partial charge < -0.3 is 10.6 Å². The van der Waals surface area contributed by atoms with Crippen LogP contribution in [0.5, 0.6) is 0 Å². The highest BCUT2D eigenvalue weighted by molar-refractivity contribution is 9.10.